The van der Waals surface area contributed by atoms with Crippen LogP contribution in [0.3, 0.4) is 0 Å². The number of carbonyl (C=O) groups excluding carboxylic acids is 11. The van der Waals surface area contributed by atoms with Gasteiger partial charge in [0, 0.05) is 106 Å². The molecule has 5 heterocycles. The number of rotatable bonds is 5. The van der Waals surface area contributed by atoms with Gasteiger partial charge < -0.3 is 87.7 Å². The first-order valence-corrected chi connectivity index (χ1v) is 33.6. The third-order valence-corrected chi connectivity index (χ3v) is 18.0. The standard InChI is InChI=1S/C71H88FN13O15/c1-40-9-8-24-74-66(92)52(30-43-13-17-50(98-4)18-14-43)80-69(95)62(42(3)86)83-70(96)63-57-23-27-85(63)71(97)54-33-48-38-84(56-19-16-49(72)34-51(48)56)26-5-6-28-99-58-32-44(22-25-75-64(40)90)12-15-47(58)37-77-59(87)20-21-60(88)78-41(2)65(91)82-55(35-73)68(94)79-53(67(93)81-54)31-45-10-7-11-46(29-45)36-76-61(89)39-100-57/h5-7,10-19,29,32,34,38,40-42,52-55,57,62-63,86H,8-9,20-28,30-31,33,35-37,39,73H2,1-4H3,(H,74,92)(H,75,90)(H,76,89)(H,77,87)(H,78,88)(H,79,94)(H,80,95)(H,81,93)(H,82,91)(H,83,96)/b6-5+/t40?,41-,42+,52-,53-,54+,55+,57-,62-,63-/m0/s1. The minimum atomic E-state index is -1.80. The molecule has 11 bridgehead atoms. The summed E-state index contributed by atoms with van der Waals surface area (Å²) in [5.74, 6) is -8.55. The Balaban J connectivity index is 1.15. The van der Waals surface area contributed by atoms with E-state index in [1.165, 1.54) is 33.1 Å². The maximum atomic E-state index is 15.9. The molecule has 9 rings (SSSR count). The number of amides is 11. The van der Waals surface area contributed by atoms with E-state index in [-0.39, 0.29) is 90.3 Å². The van der Waals surface area contributed by atoms with Crippen molar-refractivity contribution < 1.29 is 76.4 Å². The number of hydrogen-bond donors (Lipinski definition) is 12. The van der Waals surface area contributed by atoms with Crippen molar-refractivity contribution in [3.63, 3.8) is 0 Å². The number of benzene rings is 4. The summed E-state index contributed by atoms with van der Waals surface area (Å²) in [7, 11) is 1.49. The average molecular weight is 1380 g/mol. The van der Waals surface area contributed by atoms with Gasteiger partial charge in [-0.1, -0.05) is 61.5 Å². The zero-order chi connectivity index (χ0) is 71.6. The highest BCUT2D eigenvalue weighted by Gasteiger charge is 2.47. The lowest BCUT2D eigenvalue weighted by Crippen LogP contribution is -2.63. The van der Waals surface area contributed by atoms with Gasteiger partial charge in [-0.25, -0.2) is 4.39 Å². The van der Waals surface area contributed by atoms with Gasteiger partial charge in [0.1, 0.15) is 72.8 Å². The van der Waals surface area contributed by atoms with Crippen molar-refractivity contribution in [2.75, 3.05) is 46.5 Å². The number of methoxy groups -OCH3 is 1. The average Bonchev–Trinajstić information content (AvgIpc) is 1.62. The Morgan fingerprint density at radius 1 is 0.650 bits per heavy atom. The van der Waals surface area contributed by atoms with E-state index in [4.69, 9.17) is 19.9 Å². The molecule has 0 saturated carbocycles. The van der Waals surface area contributed by atoms with Gasteiger partial charge in [-0.15, -0.1) is 0 Å². The van der Waals surface area contributed by atoms with E-state index in [0.29, 0.717) is 69.5 Å². The second-order valence-corrected chi connectivity index (χ2v) is 25.5. The summed E-state index contributed by atoms with van der Waals surface area (Å²) in [4.78, 5) is 159. The molecule has 100 heavy (non-hydrogen) atoms. The van der Waals surface area contributed by atoms with Crippen LogP contribution in [0.5, 0.6) is 11.5 Å². The van der Waals surface area contributed by atoms with Crippen LogP contribution in [-0.4, -0.2) is 181 Å². The van der Waals surface area contributed by atoms with Gasteiger partial charge in [-0.05, 0) is 110 Å². The van der Waals surface area contributed by atoms with Gasteiger partial charge in [0.05, 0.1) is 19.3 Å². The molecule has 1 aromatic heterocycles. The van der Waals surface area contributed by atoms with Crippen LogP contribution < -0.4 is 68.4 Å². The molecule has 534 valence electrons. The summed E-state index contributed by atoms with van der Waals surface area (Å²) in [5.41, 5.74) is 9.94. The van der Waals surface area contributed by atoms with Gasteiger partial charge in [-0.3, -0.25) is 52.7 Å². The molecule has 1 unspecified atom stereocenters. The predicted molar refractivity (Wildman–Crippen MR) is 362 cm³/mol. The molecule has 29 heteroatoms. The van der Waals surface area contributed by atoms with Gasteiger partial charge >= 0.3 is 0 Å². The molecule has 5 aromatic rings. The summed E-state index contributed by atoms with van der Waals surface area (Å²) in [6.07, 6.45) is 1.95. The lowest BCUT2D eigenvalue weighted by atomic mass is 10.00. The number of fused-ring (bicyclic) bond motifs is 9. The van der Waals surface area contributed by atoms with E-state index in [9.17, 15) is 43.5 Å². The molecule has 13 N–H and O–H groups in total. The third kappa shape index (κ3) is 20.0. The van der Waals surface area contributed by atoms with Crippen molar-refractivity contribution in [1.82, 2.24) is 62.6 Å². The molecular weight excluding hydrogens is 1290 g/mol. The number of nitrogens with two attached hydrogens (primary N) is 1. The summed E-state index contributed by atoms with van der Waals surface area (Å²) >= 11 is 0. The number of carbonyl (C=O) groups is 11. The summed E-state index contributed by atoms with van der Waals surface area (Å²) in [5, 5.41) is 39.1. The second-order valence-electron chi connectivity index (χ2n) is 25.5. The zero-order valence-corrected chi connectivity index (χ0v) is 56.3. The quantitative estimate of drug-likeness (QED) is 0.103. The fourth-order valence-corrected chi connectivity index (χ4v) is 12.4. The van der Waals surface area contributed by atoms with Gasteiger partial charge in [-0.2, -0.15) is 0 Å². The topological polar surface area (TPSA) is 390 Å². The van der Waals surface area contributed by atoms with Crippen molar-refractivity contribution in [2.24, 2.45) is 11.7 Å². The largest absolute Gasteiger partial charge is 0.497 e. The molecule has 1 saturated heterocycles. The fourth-order valence-electron chi connectivity index (χ4n) is 12.4. The first-order chi connectivity index (χ1) is 48.0. The summed E-state index contributed by atoms with van der Waals surface area (Å²) < 4.78 is 35.3. The van der Waals surface area contributed by atoms with E-state index >= 15 is 18.8 Å². The number of ether oxygens (including phenoxy) is 3. The van der Waals surface area contributed by atoms with Crippen molar-refractivity contribution in [2.45, 2.75) is 153 Å². The molecular formula is C71H88FN13O15. The molecule has 4 aliphatic rings. The van der Waals surface area contributed by atoms with Crippen LogP contribution in [-0.2, 0) is 103 Å². The number of nitrogens with zero attached hydrogens (tertiary/aromatic N) is 2. The lowest BCUT2D eigenvalue weighted by molar-refractivity contribution is -0.146. The summed E-state index contributed by atoms with van der Waals surface area (Å²) in [6, 6.07) is 12.1. The number of aliphatic hydroxyl groups excluding tert-OH is 1. The Kier molecular flexibility index (Phi) is 25.9. The number of halogens is 1. The van der Waals surface area contributed by atoms with Crippen molar-refractivity contribution >= 4 is 75.9 Å². The summed E-state index contributed by atoms with van der Waals surface area (Å²) in [6.45, 7) is 3.38. The smallest absolute Gasteiger partial charge is 0.246 e. The maximum absolute atomic E-state index is 15.9. The van der Waals surface area contributed by atoms with E-state index < -0.39 is 138 Å². The number of aliphatic hydroxyl groups is 1. The minimum Gasteiger partial charge on any atom is -0.497 e. The number of nitrogens with one attached hydrogen (secondary N) is 10. The van der Waals surface area contributed by atoms with Crippen LogP contribution in [0.15, 0.2) is 103 Å². The predicted octanol–water partition coefficient (Wildman–Crippen LogP) is -0.0490. The normalized spacial score (nSPS) is 25.2. The van der Waals surface area contributed by atoms with Crippen molar-refractivity contribution in [1.29, 1.82) is 0 Å². The Morgan fingerprint density at radius 3 is 2.16 bits per heavy atom. The second kappa shape index (κ2) is 35.0. The highest BCUT2D eigenvalue weighted by Crippen LogP contribution is 2.29. The fraction of sp³-hybridized carbons (Fsp3) is 0.451. The molecule has 10 atom stereocenters. The number of hydrogen-bond acceptors (Lipinski definition) is 16. The van der Waals surface area contributed by atoms with Crippen LogP contribution in [0, 0.1) is 11.7 Å². The van der Waals surface area contributed by atoms with Crippen LogP contribution in [0.2, 0.25) is 0 Å². The van der Waals surface area contributed by atoms with E-state index in [1.807, 2.05) is 6.07 Å². The highest BCUT2D eigenvalue weighted by molar-refractivity contribution is 5.99. The van der Waals surface area contributed by atoms with Gasteiger partial charge in [0.25, 0.3) is 0 Å². The van der Waals surface area contributed by atoms with Crippen LogP contribution in [0.1, 0.15) is 86.3 Å². The first-order valence-electron chi connectivity index (χ1n) is 33.6. The van der Waals surface area contributed by atoms with Crippen LogP contribution >= 0.6 is 0 Å². The Labute approximate surface area is 577 Å². The molecule has 0 aliphatic carbocycles. The van der Waals surface area contributed by atoms with Crippen molar-refractivity contribution in [3.05, 3.63) is 142 Å². The highest BCUT2D eigenvalue weighted by atomic mass is 19.1. The molecule has 4 aliphatic heterocycles. The zero-order valence-electron chi connectivity index (χ0n) is 56.3. The number of aromatic nitrogens is 1. The molecule has 4 aromatic carbocycles. The maximum Gasteiger partial charge on any atom is 0.246 e. The monoisotopic (exact) mass is 1380 g/mol. The number of allylic oxidation sites excluding steroid dienone is 1. The van der Waals surface area contributed by atoms with E-state index in [0.717, 1.165) is 10.5 Å². The molecule has 0 radical (unpaired) electrons. The third-order valence-electron chi connectivity index (χ3n) is 18.0. The SMILES string of the molecule is COc1ccc(C[C@@H]2NC(=O)[C@H]([C@@H](C)O)NC(=O)[C@@H]3[C@@H]4CCN3C(=O)[C@H]3Cc5cn(c6ccc(F)cc56)C/C=C/COc5cc(ccc5CNC(=O)CCC(=O)N[C@@H](C)C(=O)N[C@H](CN)C(=O)N[C@@H](Cc5cccc(c5)CNC(=O)CO4)C(=O)N3)CCNC(=O)C(C)CCCNC2=O)cc1. The molecule has 1 fully saturated rings. The van der Waals surface area contributed by atoms with E-state index in [2.05, 4.69) is 53.2 Å². The molecule has 11 amide bonds. The van der Waals surface area contributed by atoms with Crippen LogP contribution in [0.25, 0.3) is 10.9 Å². The Morgan fingerprint density at radius 2 is 1.39 bits per heavy atom. The first kappa shape index (κ1) is 74.0. The Bertz CT molecular complexity index is 3860. The minimum absolute atomic E-state index is 0.00821. The van der Waals surface area contributed by atoms with Crippen LogP contribution in [0.4, 0.5) is 4.39 Å². The Hall–Kier alpha value is -10.3. The van der Waals surface area contributed by atoms with Crippen molar-refractivity contribution in [3.8, 4) is 11.5 Å². The molecule has 28 nitrogen and oxygen atoms in total. The van der Waals surface area contributed by atoms with E-state index in [1.54, 1.807) is 96.6 Å². The van der Waals surface area contributed by atoms with Gasteiger partial charge in [0.15, 0.2) is 0 Å². The van der Waals surface area contributed by atoms with Gasteiger partial charge in [0.2, 0.25) is 65.0 Å². The molecule has 0 spiro atoms. The lowest BCUT2D eigenvalue weighted by Gasteiger charge is -2.33.